The molecule has 0 bridgehead atoms. The molecule has 31 heavy (non-hydrogen) atoms. The highest BCUT2D eigenvalue weighted by Crippen LogP contribution is 2.42. The van der Waals surface area contributed by atoms with Gasteiger partial charge in [0, 0.05) is 31.1 Å². The summed E-state index contributed by atoms with van der Waals surface area (Å²) in [7, 11) is 0. The lowest BCUT2D eigenvalue weighted by atomic mass is 9.74. The molecule has 0 spiro atoms. The van der Waals surface area contributed by atoms with E-state index in [1.165, 1.54) is 12.1 Å². The maximum absolute atomic E-state index is 13.5. The van der Waals surface area contributed by atoms with Crippen LogP contribution < -0.4 is 0 Å². The molecule has 0 saturated carbocycles. The van der Waals surface area contributed by atoms with E-state index in [1.807, 2.05) is 35.2 Å². The summed E-state index contributed by atoms with van der Waals surface area (Å²) in [5, 5.41) is 10.0. The summed E-state index contributed by atoms with van der Waals surface area (Å²) in [5.74, 6) is -0.219. The van der Waals surface area contributed by atoms with Crippen molar-refractivity contribution in [1.82, 2.24) is 9.80 Å². The maximum atomic E-state index is 13.5. The van der Waals surface area contributed by atoms with Gasteiger partial charge in [0.05, 0.1) is 13.0 Å². The van der Waals surface area contributed by atoms with Crippen LogP contribution in [0.4, 0.5) is 17.6 Å². The van der Waals surface area contributed by atoms with E-state index < -0.39 is 12.6 Å². The summed E-state index contributed by atoms with van der Waals surface area (Å²) in [6.45, 7) is 2.15. The summed E-state index contributed by atoms with van der Waals surface area (Å²) in [5.41, 5.74) is 2.77. The Morgan fingerprint density at radius 1 is 0.968 bits per heavy atom. The number of halogens is 4. The average Bonchev–Trinajstić information content (AvgIpc) is 2.72. The topological polar surface area (TPSA) is 26.7 Å². The fourth-order valence-electron chi connectivity index (χ4n) is 5.07. The molecule has 0 amide bonds. The van der Waals surface area contributed by atoms with Crippen LogP contribution in [0.2, 0.25) is 0 Å². The van der Waals surface area contributed by atoms with Gasteiger partial charge in [0.25, 0.3) is 0 Å². The van der Waals surface area contributed by atoms with Crippen LogP contribution in [-0.2, 0) is 0 Å². The van der Waals surface area contributed by atoms with Crippen molar-refractivity contribution in [1.29, 1.82) is 0 Å². The molecule has 1 N–H and O–H groups in total. The molecule has 0 aromatic heterocycles. The Hall–Kier alpha value is -1.96. The Kier molecular flexibility index (Phi) is 6.65. The summed E-state index contributed by atoms with van der Waals surface area (Å²) in [4.78, 5) is 4.18. The zero-order valence-corrected chi connectivity index (χ0v) is 17.4. The van der Waals surface area contributed by atoms with Crippen LogP contribution in [0.5, 0.6) is 0 Å². The molecule has 2 aliphatic rings. The molecule has 0 radical (unpaired) electrons. The number of benzene rings is 2. The highest BCUT2D eigenvalue weighted by atomic mass is 19.4. The van der Waals surface area contributed by atoms with Crippen LogP contribution in [0.15, 0.2) is 48.5 Å². The van der Waals surface area contributed by atoms with Gasteiger partial charge in [-0.15, -0.1) is 0 Å². The number of rotatable bonds is 5. The SMILES string of the molecule is OC[C@H]1[C@@H](c2ccc(-c3cccc(F)c3)cc2)[C@H]2CN(CCC(F)(F)F)CCCCN21. The fraction of sp³-hybridized carbons (Fsp3) is 0.500. The molecule has 7 heteroatoms. The second-order valence-corrected chi connectivity index (χ2v) is 8.59. The third-order valence-electron chi connectivity index (χ3n) is 6.62. The first kappa shape index (κ1) is 22.2. The summed E-state index contributed by atoms with van der Waals surface area (Å²) >= 11 is 0. The predicted octanol–water partition coefficient (Wildman–Crippen LogP) is 4.67. The van der Waals surface area contributed by atoms with E-state index in [4.69, 9.17) is 0 Å². The lowest BCUT2D eigenvalue weighted by Gasteiger charge is -2.57. The molecule has 0 aliphatic carbocycles. The van der Waals surface area contributed by atoms with Crippen molar-refractivity contribution in [2.45, 2.75) is 43.4 Å². The van der Waals surface area contributed by atoms with E-state index in [0.717, 1.165) is 36.1 Å². The summed E-state index contributed by atoms with van der Waals surface area (Å²) < 4.78 is 51.8. The van der Waals surface area contributed by atoms with Gasteiger partial charge in [-0.05, 0) is 54.8 Å². The lowest BCUT2D eigenvalue weighted by Crippen LogP contribution is -2.67. The molecule has 2 aromatic carbocycles. The number of alkyl halides is 3. The Labute approximate surface area is 180 Å². The number of nitrogens with zero attached hydrogens (tertiary/aromatic N) is 2. The van der Waals surface area contributed by atoms with E-state index in [2.05, 4.69) is 4.90 Å². The highest BCUT2D eigenvalue weighted by molar-refractivity contribution is 5.63. The van der Waals surface area contributed by atoms with Gasteiger partial charge in [-0.2, -0.15) is 13.2 Å². The third kappa shape index (κ3) is 5.10. The minimum atomic E-state index is -4.15. The molecule has 0 unspecified atom stereocenters. The van der Waals surface area contributed by atoms with Crippen LogP contribution in [0.25, 0.3) is 11.1 Å². The highest BCUT2D eigenvalue weighted by Gasteiger charge is 2.49. The van der Waals surface area contributed by atoms with E-state index in [0.29, 0.717) is 13.1 Å². The second-order valence-electron chi connectivity index (χ2n) is 8.59. The standard InChI is InChI=1S/C24H28F4N2O/c25-20-5-3-4-19(14-20)17-6-8-18(9-7-17)23-21-15-29(13-10-24(26,27)28)11-1-2-12-30(21)22(23)16-31/h3-9,14,21-23,31H,1-2,10-13,15-16H2/t21-,22+,23+/m1/s1. The Morgan fingerprint density at radius 3 is 2.39 bits per heavy atom. The Morgan fingerprint density at radius 2 is 1.71 bits per heavy atom. The van der Waals surface area contributed by atoms with Crippen molar-refractivity contribution < 1.29 is 22.7 Å². The lowest BCUT2D eigenvalue weighted by molar-refractivity contribution is -0.140. The van der Waals surface area contributed by atoms with Gasteiger partial charge in [0.1, 0.15) is 5.82 Å². The number of hydrogen-bond donors (Lipinski definition) is 1. The first-order valence-corrected chi connectivity index (χ1v) is 10.9. The van der Waals surface area contributed by atoms with Crippen LogP contribution in [0.3, 0.4) is 0 Å². The first-order valence-electron chi connectivity index (χ1n) is 10.9. The van der Waals surface area contributed by atoms with Crippen molar-refractivity contribution in [3.8, 4) is 11.1 Å². The average molecular weight is 436 g/mol. The van der Waals surface area contributed by atoms with Crippen molar-refractivity contribution >= 4 is 0 Å². The molecule has 4 rings (SSSR count). The molecule has 3 nitrogen and oxygen atoms in total. The largest absolute Gasteiger partial charge is 0.395 e. The van der Waals surface area contributed by atoms with Gasteiger partial charge >= 0.3 is 6.18 Å². The van der Waals surface area contributed by atoms with Gasteiger partial charge < -0.3 is 10.0 Å². The van der Waals surface area contributed by atoms with Crippen molar-refractivity contribution in [2.24, 2.45) is 0 Å². The van der Waals surface area contributed by atoms with Crippen molar-refractivity contribution in [2.75, 3.05) is 32.8 Å². The van der Waals surface area contributed by atoms with E-state index in [1.54, 1.807) is 6.07 Å². The zero-order valence-electron chi connectivity index (χ0n) is 17.4. The fourth-order valence-corrected chi connectivity index (χ4v) is 5.07. The third-order valence-corrected chi connectivity index (χ3v) is 6.62. The molecular weight excluding hydrogens is 408 g/mol. The smallest absolute Gasteiger partial charge is 0.390 e. The second kappa shape index (κ2) is 9.27. The van der Waals surface area contributed by atoms with Gasteiger partial charge in [0.2, 0.25) is 0 Å². The number of fused-ring (bicyclic) bond motifs is 1. The molecule has 2 heterocycles. The molecule has 2 aliphatic heterocycles. The van der Waals surface area contributed by atoms with Crippen LogP contribution in [0, 0.1) is 5.82 Å². The van der Waals surface area contributed by atoms with E-state index in [9.17, 15) is 22.7 Å². The minimum absolute atomic E-state index is 0.0167. The normalized spacial score (nSPS) is 25.4. The van der Waals surface area contributed by atoms with Gasteiger partial charge in [0.15, 0.2) is 0 Å². The van der Waals surface area contributed by atoms with Gasteiger partial charge in [-0.1, -0.05) is 36.4 Å². The number of aliphatic hydroxyl groups excluding tert-OH is 1. The summed E-state index contributed by atoms with van der Waals surface area (Å²) in [6.07, 6.45) is -3.16. The zero-order chi connectivity index (χ0) is 22.0. The minimum Gasteiger partial charge on any atom is -0.395 e. The van der Waals surface area contributed by atoms with Gasteiger partial charge in [-0.25, -0.2) is 4.39 Å². The molecule has 3 atom stereocenters. The summed E-state index contributed by atoms with van der Waals surface area (Å²) in [6, 6.07) is 14.4. The molecule has 2 saturated heterocycles. The van der Waals surface area contributed by atoms with Crippen LogP contribution in [-0.4, -0.2) is 66.0 Å². The van der Waals surface area contributed by atoms with Crippen molar-refractivity contribution in [3.05, 3.63) is 59.9 Å². The van der Waals surface area contributed by atoms with E-state index >= 15 is 0 Å². The molecule has 2 fully saturated rings. The molecular formula is C24H28F4N2O. The maximum Gasteiger partial charge on any atom is 0.390 e. The first-order chi connectivity index (χ1) is 14.9. The van der Waals surface area contributed by atoms with Crippen LogP contribution >= 0.6 is 0 Å². The quantitative estimate of drug-likeness (QED) is 0.690. The van der Waals surface area contributed by atoms with Gasteiger partial charge in [-0.3, -0.25) is 4.90 Å². The Balaban J connectivity index is 1.52. The van der Waals surface area contributed by atoms with Crippen LogP contribution in [0.1, 0.15) is 30.7 Å². The number of aliphatic hydroxyl groups is 1. The number of hydrogen-bond acceptors (Lipinski definition) is 3. The molecule has 2 aromatic rings. The Bertz CT molecular complexity index is 871. The molecule has 168 valence electrons. The monoisotopic (exact) mass is 436 g/mol. The predicted molar refractivity (Wildman–Crippen MR) is 112 cm³/mol. The van der Waals surface area contributed by atoms with E-state index in [-0.39, 0.29) is 37.0 Å². The van der Waals surface area contributed by atoms with Crippen molar-refractivity contribution in [3.63, 3.8) is 0 Å².